The van der Waals surface area contributed by atoms with E-state index in [4.69, 9.17) is 9.47 Å². The predicted molar refractivity (Wildman–Crippen MR) is 70.9 cm³/mol. The maximum absolute atomic E-state index is 12.0. The number of rotatable bonds is 8. The molecule has 3 nitrogen and oxygen atoms in total. The van der Waals surface area contributed by atoms with Crippen LogP contribution >= 0.6 is 0 Å². The molecule has 1 N–H and O–H groups in total. The van der Waals surface area contributed by atoms with Crippen molar-refractivity contribution in [3.63, 3.8) is 0 Å². The molecule has 1 aromatic rings. The third kappa shape index (κ3) is 5.79. The van der Waals surface area contributed by atoms with Crippen LogP contribution in [0.4, 0.5) is 13.2 Å². The van der Waals surface area contributed by atoms with Crippen LogP contribution in [-0.4, -0.2) is 33.0 Å². The standard InChI is InChI=1S/C14H20F3NO2/c1-3-20-13-7-5-4-6-11(13)12(18-2)10-19-9-8-14(15,16)17/h4-7,12,18H,3,8-10H2,1-2H3. The van der Waals surface area contributed by atoms with Crippen LogP contribution in [-0.2, 0) is 4.74 Å². The van der Waals surface area contributed by atoms with Crippen molar-refractivity contribution < 1.29 is 22.6 Å². The van der Waals surface area contributed by atoms with E-state index < -0.39 is 12.6 Å². The number of alkyl halides is 3. The van der Waals surface area contributed by atoms with E-state index in [1.165, 1.54) is 0 Å². The zero-order valence-electron chi connectivity index (χ0n) is 11.7. The number of para-hydroxylation sites is 1. The fraction of sp³-hybridized carbons (Fsp3) is 0.571. The summed E-state index contributed by atoms with van der Waals surface area (Å²) in [5.41, 5.74) is 0.879. The smallest absolute Gasteiger partial charge is 0.391 e. The van der Waals surface area contributed by atoms with Crippen molar-refractivity contribution in [1.82, 2.24) is 5.32 Å². The molecule has 0 saturated heterocycles. The Kier molecular flexibility index (Phi) is 6.81. The van der Waals surface area contributed by atoms with E-state index in [1.54, 1.807) is 7.05 Å². The number of nitrogens with one attached hydrogen (secondary N) is 1. The summed E-state index contributed by atoms with van der Waals surface area (Å²) < 4.78 is 46.7. The van der Waals surface area contributed by atoms with E-state index in [1.807, 2.05) is 31.2 Å². The van der Waals surface area contributed by atoms with Gasteiger partial charge in [-0.05, 0) is 20.0 Å². The summed E-state index contributed by atoms with van der Waals surface area (Å²) in [5, 5.41) is 3.03. The lowest BCUT2D eigenvalue weighted by Gasteiger charge is -2.20. The molecule has 0 saturated carbocycles. The Labute approximate surface area is 117 Å². The summed E-state index contributed by atoms with van der Waals surface area (Å²) in [7, 11) is 1.74. The van der Waals surface area contributed by atoms with Gasteiger partial charge < -0.3 is 14.8 Å². The molecule has 0 bridgehead atoms. The first-order chi connectivity index (χ1) is 9.48. The Hall–Kier alpha value is -1.27. The van der Waals surface area contributed by atoms with Gasteiger partial charge in [0, 0.05) is 5.56 Å². The minimum Gasteiger partial charge on any atom is -0.494 e. The van der Waals surface area contributed by atoms with Crippen molar-refractivity contribution >= 4 is 0 Å². The van der Waals surface area contributed by atoms with Crippen LogP contribution in [0.25, 0.3) is 0 Å². The molecule has 114 valence electrons. The van der Waals surface area contributed by atoms with Gasteiger partial charge in [-0.3, -0.25) is 0 Å². The summed E-state index contributed by atoms with van der Waals surface area (Å²) in [6.45, 7) is 2.24. The van der Waals surface area contributed by atoms with Gasteiger partial charge in [-0.25, -0.2) is 0 Å². The van der Waals surface area contributed by atoms with Crippen molar-refractivity contribution in [3.8, 4) is 5.75 Å². The minimum atomic E-state index is -4.18. The Morgan fingerprint density at radius 3 is 2.55 bits per heavy atom. The fourth-order valence-corrected chi connectivity index (χ4v) is 1.77. The third-order valence-corrected chi connectivity index (χ3v) is 2.76. The SMILES string of the molecule is CCOc1ccccc1C(COCCC(F)(F)F)NC. The van der Waals surface area contributed by atoms with Crippen LogP contribution in [0.15, 0.2) is 24.3 Å². The van der Waals surface area contributed by atoms with Gasteiger partial charge in [0.2, 0.25) is 0 Å². The zero-order chi connectivity index (χ0) is 15.0. The average Bonchev–Trinajstić information content (AvgIpc) is 2.39. The summed E-state index contributed by atoms with van der Waals surface area (Å²) in [6.07, 6.45) is -5.12. The summed E-state index contributed by atoms with van der Waals surface area (Å²) >= 11 is 0. The molecule has 1 rings (SSSR count). The molecule has 1 aromatic carbocycles. The molecule has 0 aromatic heterocycles. The normalized spacial score (nSPS) is 13.2. The van der Waals surface area contributed by atoms with E-state index in [2.05, 4.69) is 5.32 Å². The molecule has 0 aliphatic carbocycles. The first kappa shape index (κ1) is 16.8. The van der Waals surface area contributed by atoms with Gasteiger partial charge in [0.25, 0.3) is 0 Å². The van der Waals surface area contributed by atoms with E-state index in [0.717, 1.165) is 5.56 Å². The van der Waals surface area contributed by atoms with Crippen molar-refractivity contribution in [2.45, 2.75) is 25.6 Å². The van der Waals surface area contributed by atoms with E-state index >= 15 is 0 Å². The number of hydrogen-bond donors (Lipinski definition) is 1. The largest absolute Gasteiger partial charge is 0.494 e. The number of ether oxygens (including phenoxy) is 2. The second-order valence-electron chi connectivity index (χ2n) is 4.25. The number of hydrogen-bond acceptors (Lipinski definition) is 3. The average molecular weight is 291 g/mol. The van der Waals surface area contributed by atoms with Crippen molar-refractivity contribution in [2.75, 3.05) is 26.9 Å². The quantitative estimate of drug-likeness (QED) is 0.745. The highest BCUT2D eigenvalue weighted by Gasteiger charge is 2.26. The Balaban J connectivity index is 2.58. The van der Waals surface area contributed by atoms with Crippen LogP contribution in [0.2, 0.25) is 0 Å². The minimum absolute atomic E-state index is 0.163. The maximum atomic E-state index is 12.0. The highest BCUT2D eigenvalue weighted by molar-refractivity contribution is 5.36. The molecule has 0 amide bonds. The van der Waals surface area contributed by atoms with Gasteiger partial charge in [0.1, 0.15) is 5.75 Å². The van der Waals surface area contributed by atoms with E-state index in [0.29, 0.717) is 12.4 Å². The number of halogens is 3. The summed E-state index contributed by atoms with van der Waals surface area (Å²) in [6, 6.07) is 7.22. The number of likely N-dealkylation sites (N-methyl/N-ethyl adjacent to an activating group) is 1. The molecule has 0 spiro atoms. The van der Waals surface area contributed by atoms with Gasteiger partial charge in [0.05, 0.1) is 32.3 Å². The maximum Gasteiger partial charge on any atom is 0.391 e. The van der Waals surface area contributed by atoms with Crippen molar-refractivity contribution in [3.05, 3.63) is 29.8 Å². The second-order valence-corrected chi connectivity index (χ2v) is 4.25. The fourth-order valence-electron chi connectivity index (χ4n) is 1.77. The molecule has 0 fully saturated rings. The monoisotopic (exact) mass is 291 g/mol. The molecule has 0 radical (unpaired) electrons. The molecule has 6 heteroatoms. The molecule has 0 aliphatic heterocycles. The van der Waals surface area contributed by atoms with Crippen LogP contribution in [0.1, 0.15) is 24.9 Å². The second kappa shape index (κ2) is 8.11. The van der Waals surface area contributed by atoms with Gasteiger partial charge in [-0.2, -0.15) is 13.2 Å². The summed E-state index contributed by atoms with van der Waals surface area (Å²) in [5.74, 6) is 0.716. The molecule has 1 unspecified atom stereocenters. The predicted octanol–water partition coefficient (Wildman–Crippen LogP) is 3.31. The molecular weight excluding hydrogens is 271 g/mol. The highest BCUT2D eigenvalue weighted by atomic mass is 19.4. The van der Waals surface area contributed by atoms with Gasteiger partial charge in [0.15, 0.2) is 0 Å². The molecular formula is C14H20F3NO2. The van der Waals surface area contributed by atoms with Crippen LogP contribution in [0.5, 0.6) is 5.75 Å². The lowest BCUT2D eigenvalue weighted by molar-refractivity contribution is -0.145. The lowest BCUT2D eigenvalue weighted by atomic mass is 10.1. The first-order valence-corrected chi connectivity index (χ1v) is 6.51. The van der Waals surface area contributed by atoms with Gasteiger partial charge in [-0.15, -0.1) is 0 Å². The summed E-state index contributed by atoms with van der Waals surface area (Å²) in [4.78, 5) is 0. The zero-order valence-corrected chi connectivity index (χ0v) is 11.7. The van der Waals surface area contributed by atoms with Gasteiger partial charge in [-0.1, -0.05) is 18.2 Å². The Morgan fingerprint density at radius 1 is 1.25 bits per heavy atom. The van der Waals surface area contributed by atoms with Crippen LogP contribution < -0.4 is 10.1 Å². The van der Waals surface area contributed by atoms with Crippen molar-refractivity contribution in [1.29, 1.82) is 0 Å². The Morgan fingerprint density at radius 2 is 1.95 bits per heavy atom. The van der Waals surface area contributed by atoms with Gasteiger partial charge >= 0.3 is 6.18 Å². The number of benzene rings is 1. The lowest BCUT2D eigenvalue weighted by Crippen LogP contribution is -2.23. The van der Waals surface area contributed by atoms with E-state index in [9.17, 15) is 13.2 Å². The van der Waals surface area contributed by atoms with Crippen LogP contribution in [0, 0.1) is 0 Å². The van der Waals surface area contributed by atoms with E-state index in [-0.39, 0.29) is 19.3 Å². The molecule has 0 heterocycles. The van der Waals surface area contributed by atoms with Crippen LogP contribution in [0.3, 0.4) is 0 Å². The Bertz CT molecular complexity index is 396. The molecule has 1 atom stereocenters. The highest BCUT2D eigenvalue weighted by Crippen LogP contribution is 2.25. The topological polar surface area (TPSA) is 30.5 Å². The first-order valence-electron chi connectivity index (χ1n) is 6.51. The third-order valence-electron chi connectivity index (χ3n) is 2.76. The van der Waals surface area contributed by atoms with Crippen molar-refractivity contribution in [2.24, 2.45) is 0 Å². The molecule has 20 heavy (non-hydrogen) atoms. The molecule has 0 aliphatic rings.